The quantitative estimate of drug-likeness (QED) is 0.416. The Morgan fingerprint density at radius 2 is 2.36 bits per heavy atom. The summed E-state index contributed by atoms with van der Waals surface area (Å²) in [5.74, 6) is 0.523. The summed E-state index contributed by atoms with van der Waals surface area (Å²) in [6.45, 7) is 6.51. The highest BCUT2D eigenvalue weighted by Crippen LogP contribution is 2.37. The lowest BCUT2D eigenvalue weighted by molar-refractivity contribution is 0.230. The molecule has 3 heteroatoms. The molecule has 0 aromatic heterocycles. The second-order valence-electron chi connectivity index (χ2n) is 3.98. The first-order valence-corrected chi connectivity index (χ1v) is 4.13. The molecule has 2 aliphatic rings. The van der Waals surface area contributed by atoms with Crippen LogP contribution in [0, 0.1) is 5.92 Å². The Morgan fingerprint density at radius 3 is 2.73 bits per heavy atom. The number of nitrogens with zero attached hydrogens (tertiary/aromatic N) is 2. The van der Waals surface area contributed by atoms with E-state index in [1.807, 2.05) is 0 Å². The predicted molar refractivity (Wildman–Crippen MR) is 43.0 cm³/mol. The maximum Gasteiger partial charge on any atom is 0.0811 e. The number of hydrogen-bond acceptors (Lipinski definition) is 3. The molecule has 0 amide bonds. The van der Waals surface area contributed by atoms with Crippen LogP contribution in [-0.4, -0.2) is 34.4 Å². The lowest BCUT2D eigenvalue weighted by atomic mass is 9.89. The number of rotatable bonds is 0. The molecule has 2 unspecified atom stereocenters. The highest BCUT2D eigenvalue weighted by molar-refractivity contribution is 5.97. The molecule has 0 spiro atoms. The summed E-state index contributed by atoms with van der Waals surface area (Å²) in [5, 5.41) is 12.2. The van der Waals surface area contributed by atoms with Gasteiger partial charge in [0.1, 0.15) is 0 Å². The van der Waals surface area contributed by atoms with Crippen molar-refractivity contribution >= 4 is 5.71 Å². The van der Waals surface area contributed by atoms with Gasteiger partial charge in [0.25, 0.3) is 0 Å². The van der Waals surface area contributed by atoms with Crippen LogP contribution in [0.4, 0.5) is 0 Å². The van der Waals surface area contributed by atoms with Gasteiger partial charge < -0.3 is 5.21 Å². The topological polar surface area (TPSA) is 35.8 Å². The molecule has 3 nitrogen and oxygen atoms in total. The molecular formula is C8H14N2O. The summed E-state index contributed by atoms with van der Waals surface area (Å²) in [5.41, 5.74) is 0.987. The van der Waals surface area contributed by atoms with Gasteiger partial charge in [-0.05, 0) is 26.8 Å². The molecule has 2 aliphatic heterocycles. The van der Waals surface area contributed by atoms with Crippen LogP contribution < -0.4 is 0 Å². The highest BCUT2D eigenvalue weighted by Gasteiger charge is 2.49. The number of oxime groups is 1. The normalized spacial score (nSPS) is 43.6. The van der Waals surface area contributed by atoms with Crippen LogP contribution in [0.2, 0.25) is 0 Å². The molecular weight excluding hydrogens is 140 g/mol. The monoisotopic (exact) mass is 154 g/mol. The summed E-state index contributed by atoms with van der Waals surface area (Å²) < 4.78 is 0. The van der Waals surface area contributed by atoms with Gasteiger partial charge in [0.05, 0.1) is 11.3 Å². The molecule has 0 saturated carbocycles. The molecule has 62 valence electrons. The lowest BCUT2D eigenvalue weighted by Crippen LogP contribution is -2.45. The smallest absolute Gasteiger partial charge is 0.0811 e. The predicted octanol–water partition coefficient (Wildman–Crippen LogP) is 0.931. The fourth-order valence-electron chi connectivity index (χ4n) is 2.36. The Hall–Kier alpha value is -0.570. The SMILES string of the molecule is CC1(C)/C(=N\O)C2CCN1C2. The Kier molecular flexibility index (Phi) is 1.27. The van der Waals surface area contributed by atoms with Crippen molar-refractivity contribution in [1.29, 1.82) is 0 Å². The standard InChI is InChI=1S/C8H14N2O/c1-8(2)7(9-11)6-3-4-10(8)5-6/h6,11H,3-5H2,1-2H3/b9-7-. The fourth-order valence-corrected chi connectivity index (χ4v) is 2.36. The maximum atomic E-state index is 8.79. The van der Waals surface area contributed by atoms with Crippen molar-refractivity contribution in [2.75, 3.05) is 13.1 Å². The first-order valence-electron chi connectivity index (χ1n) is 4.13. The fraction of sp³-hybridized carbons (Fsp3) is 0.875. The largest absolute Gasteiger partial charge is 0.411 e. The van der Waals surface area contributed by atoms with E-state index in [-0.39, 0.29) is 5.54 Å². The second kappa shape index (κ2) is 1.97. The van der Waals surface area contributed by atoms with Crippen molar-refractivity contribution < 1.29 is 5.21 Å². The van der Waals surface area contributed by atoms with Crippen molar-refractivity contribution in [3.8, 4) is 0 Å². The Morgan fingerprint density at radius 1 is 1.64 bits per heavy atom. The minimum atomic E-state index is 0.0116. The first-order chi connectivity index (χ1) is 5.16. The van der Waals surface area contributed by atoms with E-state index in [2.05, 4.69) is 23.9 Å². The average molecular weight is 154 g/mol. The third-order valence-electron chi connectivity index (χ3n) is 3.10. The van der Waals surface area contributed by atoms with E-state index < -0.39 is 0 Å². The van der Waals surface area contributed by atoms with Crippen LogP contribution in [0.1, 0.15) is 20.3 Å². The number of hydrogen-bond donors (Lipinski definition) is 1. The van der Waals surface area contributed by atoms with Crippen LogP contribution in [0.5, 0.6) is 0 Å². The number of piperidine rings is 1. The second-order valence-corrected chi connectivity index (χ2v) is 3.98. The van der Waals surface area contributed by atoms with E-state index in [1.54, 1.807) is 0 Å². The van der Waals surface area contributed by atoms with Gasteiger partial charge in [-0.3, -0.25) is 4.90 Å². The van der Waals surface area contributed by atoms with E-state index in [9.17, 15) is 0 Å². The molecule has 0 aromatic rings. The zero-order chi connectivity index (χ0) is 8.06. The minimum absolute atomic E-state index is 0.0116. The number of fused-ring (bicyclic) bond motifs is 2. The van der Waals surface area contributed by atoms with Gasteiger partial charge in [0.15, 0.2) is 0 Å². The molecule has 2 rings (SSSR count). The summed E-state index contributed by atoms with van der Waals surface area (Å²) in [6.07, 6.45) is 1.17. The molecule has 1 N–H and O–H groups in total. The van der Waals surface area contributed by atoms with Crippen molar-refractivity contribution in [3.63, 3.8) is 0 Å². The Balaban J connectivity index is 2.36. The molecule has 0 radical (unpaired) electrons. The van der Waals surface area contributed by atoms with Gasteiger partial charge >= 0.3 is 0 Å². The summed E-state index contributed by atoms with van der Waals surface area (Å²) in [4.78, 5) is 2.38. The molecule has 2 fully saturated rings. The first kappa shape index (κ1) is 7.10. The summed E-state index contributed by atoms with van der Waals surface area (Å²) in [6, 6.07) is 0. The minimum Gasteiger partial charge on any atom is -0.411 e. The molecule has 2 bridgehead atoms. The van der Waals surface area contributed by atoms with Gasteiger partial charge in [-0.15, -0.1) is 0 Å². The van der Waals surface area contributed by atoms with Crippen molar-refractivity contribution in [2.24, 2.45) is 11.1 Å². The van der Waals surface area contributed by atoms with Gasteiger partial charge in [0.2, 0.25) is 0 Å². The van der Waals surface area contributed by atoms with E-state index in [0.29, 0.717) is 5.92 Å². The van der Waals surface area contributed by atoms with Crippen LogP contribution in [0.25, 0.3) is 0 Å². The average Bonchev–Trinajstić information content (AvgIpc) is 2.44. The lowest BCUT2D eigenvalue weighted by Gasteiger charge is -2.32. The molecule has 2 atom stereocenters. The highest BCUT2D eigenvalue weighted by atomic mass is 16.4. The Labute approximate surface area is 66.7 Å². The van der Waals surface area contributed by atoms with Gasteiger partial charge in [-0.1, -0.05) is 5.16 Å². The molecule has 11 heavy (non-hydrogen) atoms. The van der Waals surface area contributed by atoms with Crippen molar-refractivity contribution in [2.45, 2.75) is 25.8 Å². The van der Waals surface area contributed by atoms with E-state index in [1.165, 1.54) is 6.42 Å². The third kappa shape index (κ3) is 0.745. The van der Waals surface area contributed by atoms with Gasteiger partial charge in [0, 0.05) is 12.5 Å². The maximum absolute atomic E-state index is 8.79. The van der Waals surface area contributed by atoms with E-state index >= 15 is 0 Å². The molecule has 0 aliphatic carbocycles. The van der Waals surface area contributed by atoms with Crippen molar-refractivity contribution in [1.82, 2.24) is 4.90 Å². The van der Waals surface area contributed by atoms with Gasteiger partial charge in [-0.2, -0.15) is 0 Å². The molecule has 2 saturated heterocycles. The third-order valence-corrected chi connectivity index (χ3v) is 3.10. The summed E-state index contributed by atoms with van der Waals surface area (Å²) in [7, 11) is 0. The molecule has 0 aromatic carbocycles. The van der Waals surface area contributed by atoms with Crippen LogP contribution in [0.3, 0.4) is 0 Å². The van der Waals surface area contributed by atoms with Crippen molar-refractivity contribution in [3.05, 3.63) is 0 Å². The van der Waals surface area contributed by atoms with Gasteiger partial charge in [-0.25, -0.2) is 0 Å². The van der Waals surface area contributed by atoms with Crippen LogP contribution in [-0.2, 0) is 0 Å². The van der Waals surface area contributed by atoms with Crippen LogP contribution in [0.15, 0.2) is 5.16 Å². The zero-order valence-electron chi connectivity index (χ0n) is 7.04. The van der Waals surface area contributed by atoms with Crippen LogP contribution >= 0.6 is 0 Å². The zero-order valence-corrected chi connectivity index (χ0v) is 7.04. The Bertz CT molecular complexity index is 210. The van der Waals surface area contributed by atoms with E-state index in [4.69, 9.17) is 5.21 Å². The van der Waals surface area contributed by atoms with E-state index in [0.717, 1.165) is 18.8 Å². The summed E-state index contributed by atoms with van der Waals surface area (Å²) >= 11 is 0. The molecule has 2 heterocycles.